The third-order valence-electron chi connectivity index (χ3n) is 6.78. The molecule has 0 nitrogen and oxygen atoms in total. The van der Waals surface area contributed by atoms with Crippen LogP contribution in [0.25, 0.3) is 10.8 Å². The molecular weight excluding hydrogens is 422 g/mol. The Morgan fingerprint density at radius 3 is 2.34 bits per heavy atom. The fourth-order valence-electron chi connectivity index (χ4n) is 4.89. The lowest BCUT2D eigenvalue weighted by molar-refractivity contribution is 0.252. The van der Waals surface area contributed by atoms with Gasteiger partial charge in [-0.05, 0) is 59.9 Å². The summed E-state index contributed by atoms with van der Waals surface area (Å²) in [7, 11) is 0. The summed E-state index contributed by atoms with van der Waals surface area (Å²) in [6.07, 6.45) is 10.4. The molecule has 0 spiro atoms. The third kappa shape index (κ3) is 5.51. The highest BCUT2D eigenvalue weighted by atomic mass is 35.5. The summed E-state index contributed by atoms with van der Waals surface area (Å²) in [6, 6.07) is 14.0. The van der Waals surface area contributed by atoms with E-state index in [0.29, 0.717) is 16.5 Å². The van der Waals surface area contributed by atoms with Gasteiger partial charge in [0.25, 0.3) is 0 Å². The molecule has 0 amide bonds. The molecule has 3 heteroatoms. The van der Waals surface area contributed by atoms with Crippen molar-refractivity contribution in [2.45, 2.75) is 58.3 Å². The number of benzene rings is 3. The predicted molar refractivity (Wildman–Crippen MR) is 130 cm³/mol. The summed E-state index contributed by atoms with van der Waals surface area (Å²) in [4.78, 5) is 0. The van der Waals surface area contributed by atoms with E-state index >= 15 is 4.39 Å². The van der Waals surface area contributed by atoms with Crippen LogP contribution in [0.5, 0.6) is 0 Å². The standard InChI is InChI=1S/C29H29ClF2/c1-2-3-20-4-6-21(7-5-20)8-9-22-11-16-26-25(18-22)15-14-24(29(26)32)13-10-23-12-17-27(30)28(31)19-23/h11-12,14-21H,2-9H2,1H3. The van der Waals surface area contributed by atoms with Crippen molar-refractivity contribution in [1.29, 1.82) is 0 Å². The fraction of sp³-hybridized carbons (Fsp3) is 0.379. The minimum absolute atomic E-state index is 0.0485. The van der Waals surface area contributed by atoms with E-state index in [2.05, 4.69) is 24.8 Å². The summed E-state index contributed by atoms with van der Waals surface area (Å²) in [6.45, 7) is 2.28. The molecule has 0 aromatic heterocycles. The number of hydrogen-bond donors (Lipinski definition) is 0. The summed E-state index contributed by atoms with van der Waals surface area (Å²) >= 11 is 5.70. The van der Waals surface area contributed by atoms with Crippen molar-refractivity contribution in [1.82, 2.24) is 0 Å². The van der Waals surface area contributed by atoms with E-state index in [1.54, 1.807) is 12.1 Å². The van der Waals surface area contributed by atoms with Crippen molar-refractivity contribution in [3.63, 3.8) is 0 Å². The minimum Gasteiger partial charge on any atom is -0.205 e. The Kier molecular flexibility index (Phi) is 7.48. The SMILES string of the molecule is CCCC1CCC(CCc2ccc3c(F)c(C#Cc4ccc(Cl)c(F)c4)ccc3c2)CC1. The first-order valence-electron chi connectivity index (χ1n) is 11.7. The van der Waals surface area contributed by atoms with Gasteiger partial charge in [-0.3, -0.25) is 0 Å². The molecule has 3 aromatic carbocycles. The van der Waals surface area contributed by atoms with Gasteiger partial charge in [-0.2, -0.15) is 0 Å². The number of rotatable bonds is 5. The van der Waals surface area contributed by atoms with Crippen LogP contribution >= 0.6 is 11.6 Å². The molecule has 0 heterocycles. The van der Waals surface area contributed by atoms with Crippen LogP contribution in [0.4, 0.5) is 8.78 Å². The molecule has 0 saturated heterocycles. The molecule has 1 aliphatic rings. The van der Waals surface area contributed by atoms with Crippen LogP contribution < -0.4 is 0 Å². The zero-order valence-corrected chi connectivity index (χ0v) is 19.3. The molecule has 1 aliphatic carbocycles. The van der Waals surface area contributed by atoms with Crippen molar-refractivity contribution in [3.05, 3.63) is 81.9 Å². The molecule has 3 aromatic rings. The summed E-state index contributed by atoms with van der Waals surface area (Å²) < 4.78 is 28.6. The van der Waals surface area contributed by atoms with Gasteiger partial charge in [0.15, 0.2) is 0 Å². The van der Waals surface area contributed by atoms with Gasteiger partial charge in [0.2, 0.25) is 0 Å². The van der Waals surface area contributed by atoms with Gasteiger partial charge in [-0.25, -0.2) is 8.78 Å². The van der Waals surface area contributed by atoms with Crippen LogP contribution in [-0.2, 0) is 6.42 Å². The lowest BCUT2D eigenvalue weighted by Gasteiger charge is -2.28. The van der Waals surface area contributed by atoms with Crippen molar-refractivity contribution in [2.75, 3.05) is 0 Å². The van der Waals surface area contributed by atoms with E-state index in [0.717, 1.165) is 23.6 Å². The maximum atomic E-state index is 15.0. The molecule has 0 atom stereocenters. The van der Waals surface area contributed by atoms with Gasteiger partial charge in [-0.15, -0.1) is 0 Å². The maximum absolute atomic E-state index is 15.0. The summed E-state index contributed by atoms with van der Waals surface area (Å²) in [5, 5.41) is 1.52. The van der Waals surface area contributed by atoms with Gasteiger partial charge in [0, 0.05) is 10.9 Å². The number of fused-ring (bicyclic) bond motifs is 1. The molecule has 0 N–H and O–H groups in total. The number of aryl methyl sites for hydroxylation is 1. The molecule has 32 heavy (non-hydrogen) atoms. The summed E-state index contributed by atoms with van der Waals surface area (Å²) in [5.74, 6) is 6.56. The highest BCUT2D eigenvalue weighted by Gasteiger charge is 2.20. The Balaban J connectivity index is 1.43. The Bertz CT molecular complexity index is 1150. The van der Waals surface area contributed by atoms with Crippen molar-refractivity contribution in [3.8, 4) is 11.8 Å². The van der Waals surface area contributed by atoms with Crippen LogP contribution in [0.3, 0.4) is 0 Å². The second-order valence-electron chi connectivity index (χ2n) is 9.08. The first-order valence-corrected chi connectivity index (χ1v) is 12.1. The molecule has 0 bridgehead atoms. The molecule has 0 unspecified atom stereocenters. The molecule has 0 aliphatic heterocycles. The van der Waals surface area contributed by atoms with E-state index in [1.165, 1.54) is 62.6 Å². The average molecular weight is 451 g/mol. The molecular formula is C29H29ClF2. The molecule has 1 saturated carbocycles. The van der Waals surface area contributed by atoms with Crippen LogP contribution in [0.1, 0.15) is 68.6 Å². The van der Waals surface area contributed by atoms with E-state index in [4.69, 9.17) is 11.6 Å². The van der Waals surface area contributed by atoms with E-state index in [1.807, 2.05) is 18.2 Å². The van der Waals surface area contributed by atoms with E-state index in [-0.39, 0.29) is 10.8 Å². The van der Waals surface area contributed by atoms with Crippen LogP contribution in [0, 0.1) is 35.3 Å². The second-order valence-corrected chi connectivity index (χ2v) is 9.48. The van der Waals surface area contributed by atoms with Crippen LogP contribution in [-0.4, -0.2) is 0 Å². The Morgan fingerprint density at radius 2 is 1.62 bits per heavy atom. The largest absolute Gasteiger partial charge is 0.205 e. The molecule has 166 valence electrons. The van der Waals surface area contributed by atoms with Crippen molar-refractivity contribution < 1.29 is 8.78 Å². The minimum atomic E-state index is -0.529. The van der Waals surface area contributed by atoms with Crippen LogP contribution in [0.2, 0.25) is 5.02 Å². The van der Waals surface area contributed by atoms with E-state index < -0.39 is 5.82 Å². The van der Waals surface area contributed by atoms with E-state index in [9.17, 15) is 4.39 Å². The highest BCUT2D eigenvalue weighted by molar-refractivity contribution is 6.30. The average Bonchev–Trinajstić information content (AvgIpc) is 2.80. The molecule has 0 radical (unpaired) electrons. The lowest BCUT2D eigenvalue weighted by atomic mass is 9.78. The van der Waals surface area contributed by atoms with Gasteiger partial charge >= 0.3 is 0 Å². The topological polar surface area (TPSA) is 0 Å². The van der Waals surface area contributed by atoms with Crippen molar-refractivity contribution >= 4 is 22.4 Å². The summed E-state index contributed by atoms with van der Waals surface area (Å²) in [5.41, 5.74) is 2.04. The Morgan fingerprint density at radius 1 is 0.875 bits per heavy atom. The molecule has 1 fully saturated rings. The highest BCUT2D eigenvalue weighted by Crippen LogP contribution is 2.34. The first kappa shape index (κ1) is 22.8. The number of hydrogen-bond acceptors (Lipinski definition) is 0. The second kappa shape index (κ2) is 10.5. The maximum Gasteiger partial charge on any atom is 0.146 e. The molecule has 4 rings (SSSR count). The van der Waals surface area contributed by atoms with Gasteiger partial charge < -0.3 is 0 Å². The van der Waals surface area contributed by atoms with Gasteiger partial charge in [0.1, 0.15) is 11.6 Å². The van der Waals surface area contributed by atoms with Crippen molar-refractivity contribution in [2.24, 2.45) is 11.8 Å². The quantitative estimate of drug-likeness (QED) is 0.341. The normalized spacial score (nSPS) is 18.4. The Hall–Kier alpha value is -2.37. The fourth-order valence-corrected chi connectivity index (χ4v) is 5.01. The van der Waals surface area contributed by atoms with Gasteiger partial charge in [0.05, 0.1) is 10.6 Å². The third-order valence-corrected chi connectivity index (χ3v) is 7.09. The monoisotopic (exact) mass is 450 g/mol. The first-order chi connectivity index (χ1) is 15.5. The zero-order valence-electron chi connectivity index (χ0n) is 18.6. The Labute approximate surface area is 195 Å². The number of halogens is 3. The smallest absolute Gasteiger partial charge is 0.146 e. The lowest BCUT2D eigenvalue weighted by Crippen LogP contribution is -2.15. The predicted octanol–water partition coefficient (Wildman–Crippen LogP) is 8.71. The van der Waals surface area contributed by atoms with Crippen LogP contribution in [0.15, 0.2) is 48.5 Å². The zero-order chi connectivity index (χ0) is 22.5. The van der Waals surface area contributed by atoms with Gasteiger partial charge in [-0.1, -0.05) is 93.2 Å².